The van der Waals surface area contributed by atoms with Crippen molar-refractivity contribution in [1.82, 2.24) is 0 Å². The molecular formula is C16H14BrClO2. The van der Waals surface area contributed by atoms with Crippen molar-refractivity contribution in [1.29, 1.82) is 0 Å². The molecule has 0 aliphatic rings. The van der Waals surface area contributed by atoms with Gasteiger partial charge in [-0.15, -0.1) is 0 Å². The van der Waals surface area contributed by atoms with Crippen molar-refractivity contribution in [3.63, 3.8) is 0 Å². The van der Waals surface area contributed by atoms with E-state index in [9.17, 15) is 4.79 Å². The lowest BCUT2D eigenvalue weighted by atomic mass is 10.0. The quantitative estimate of drug-likeness (QED) is 0.713. The second-order valence-electron chi connectivity index (χ2n) is 4.65. The van der Waals surface area contributed by atoms with Gasteiger partial charge in [0.2, 0.25) is 0 Å². The van der Waals surface area contributed by atoms with Crippen LogP contribution in [-0.4, -0.2) is 11.9 Å². The summed E-state index contributed by atoms with van der Waals surface area (Å²) in [6, 6.07) is 12.3. The predicted molar refractivity (Wildman–Crippen MR) is 84.8 cm³/mol. The Kier molecular flexibility index (Phi) is 4.84. The SMILES string of the molecule is CC(C)Oc1ccc(C(=O)c2ccc(Br)c(Cl)c2)cc1. The molecule has 0 aliphatic carbocycles. The number of halogens is 2. The first-order valence-electron chi connectivity index (χ1n) is 6.24. The molecule has 0 N–H and O–H groups in total. The predicted octanol–water partition coefficient (Wildman–Crippen LogP) is 5.12. The van der Waals surface area contributed by atoms with Crippen LogP contribution < -0.4 is 4.74 Å². The van der Waals surface area contributed by atoms with Crippen LogP contribution in [0.1, 0.15) is 29.8 Å². The van der Waals surface area contributed by atoms with Crippen molar-refractivity contribution in [3.05, 3.63) is 63.1 Å². The van der Waals surface area contributed by atoms with Crippen molar-refractivity contribution in [2.45, 2.75) is 20.0 Å². The number of benzene rings is 2. The molecule has 0 saturated carbocycles. The number of carbonyl (C=O) groups is 1. The summed E-state index contributed by atoms with van der Waals surface area (Å²) in [6.45, 7) is 3.92. The molecule has 4 heteroatoms. The fraction of sp³-hybridized carbons (Fsp3) is 0.188. The molecule has 0 unspecified atom stereocenters. The highest BCUT2D eigenvalue weighted by Crippen LogP contribution is 2.25. The van der Waals surface area contributed by atoms with Crippen LogP contribution in [0, 0.1) is 0 Å². The van der Waals surface area contributed by atoms with Crippen molar-refractivity contribution in [2.24, 2.45) is 0 Å². The molecule has 0 spiro atoms. The largest absolute Gasteiger partial charge is 0.491 e. The average molecular weight is 354 g/mol. The standard InChI is InChI=1S/C16H14BrClO2/c1-10(2)20-13-6-3-11(4-7-13)16(19)12-5-8-14(17)15(18)9-12/h3-10H,1-2H3. The van der Waals surface area contributed by atoms with Crippen LogP contribution in [0.5, 0.6) is 5.75 Å². The van der Waals surface area contributed by atoms with Gasteiger partial charge in [-0.05, 0) is 72.2 Å². The van der Waals surface area contributed by atoms with Crippen molar-refractivity contribution in [2.75, 3.05) is 0 Å². The Bertz CT molecular complexity index is 621. The van der Waals surface area contributed by atoms with Gasteiger partial charge < -0.3 is 4.74 Å². The summed E-state index contributed by atoms with van der Waals surface area (Å²) in [4.78, 5) is 12.3. The average Bonchev–Trinajstić information content (AvgIpc) is 2.41. The van der Waals surface area contributed by atoms with E-state index in [0.29, 0.717) is 16.1 Å². The van der Waals surface area contributed by atoms with Crippen molar-refractivity contribution < 1.29 is 9.53 Å². The number of carbonyl (C=O) groups excluding carboxylic acids is 1. The van der Waals surface area contributed by atoms with E-state index in [4.69, 9.17) is 16.3 Å². The molecule has 0 aromatic heterocycles. The first kappa shape index (κ1) is 15.1. The van der Waals surface area contributed by atoms with Crippen molar-refractivity contribution >= 4 is 33.3 Å². The van der Waals surface area contributed by atoms with E-state index in [1.165, 1.54) is 0 Å². The first-order valence-corrected chi connectivity index (χ1v) is 7.41. The Labute approximate surface area is 131 Å². The summed E-state index contributed by atoms with van der Waals surface area (Å²) in [6.07, 6.45) is 0.113. The Morgan fingerprint density at radius 1 is 1.10 bits per heavy atom. The number of hydrogen-bond donors (Lipinski definition) is 0. The van der Waals surface area contributed by atoms with Gasteiger partial charge in [0.25, 0.3) is 0 Å². The fourth-order valence-corrected chi connectivity index (χ4v) is 2.19. The molecule has 2 aromatic carbocycles. The van der Waals surface area contributed by atoms with Crippen LogP contribution >= 0.6 is 27.5 Å². The maximum Gasteiger partial charge on any atom is 0.193 e. The first-order chi connectivity index (χ1) is 9.47. The highest BCUT2D eigenvalue weighted by molar-refractivity contribution is 9.10. The van der Waals surface area contributed by atoms with Gasteiger partial charge in [-0.25, -0.2) is 0 Å². The van der Waals surface area contributed by atoms with Crippen LogP contribution in [-0.2, 0) is 0 Å². The second kappa shape index (κ2) is 6.42. The van der Waals surface area contributed by atoms with E-state index in [0.717, 1.165) is 10.2 Å². The Balaban J connectivity index is 2.22. The van der Waals surface area contributed by atoms with E-state index in [1.807, 2.05) is 13.8 Å². The Morgan fingerprint density at radius 3 is 2.25 bits per heavy atom. The van der Waals surface area contributed by atoms with E-state index >= 15 is 0 Å². The lowest BCUT2D eigenvalue weighted by Gasteiger charge is -2.10. The maximum absolute atomic E-state index is 12.3. The molecule has 104 valence electrons. The van der Waals surface area contributed by atoms with Gasteiger partial charge in [-0.2, -0.15) is 0 Å². The van der Waals surface area contributed by atoms with Gasteiger partial charge in [0.05, 0.1) is 11.1 Å². The number of rotatable bonds is 4. The molecule has 20 heavy (non-hydrogen) atoms. The Morgan fingerprint density at radius 2 is 1.70 bits per heavy atom. The van der Waals surface area contributed by atoms with Crippen LogP contribution in [0.2, 0.25) is 5.02 Å². The molecular weight excluding hydrogens is 340 g/mol. The minimum atomic E-state index is -0.0597. The third kappa shape index (κ3) is 3.62. The molecule has 0 amide bonds. The number of hydrogen-bond acceptors (Lipinski definition) is 2. The summed E-state index contributed by atoms with van der Waals surface area (Å²) in [5.41, 5.74) is 1.18. The number of ether oxygens (including phenoxy) is 1. The van der Waals surface area contributed by atoms with Crippen LogP contribution in [0.3, 0.4) is 0 Å². The zero-order chi connectivity index (χ0) is 14.7. The van der Waals surface area contributed by atoms with Gasteiger partial charge in [0.15, 0.2) is 5.78 Å². The van der Waals surface area contributed by atoms with E-state index in [2.05, 4.69) is 15.9 Å². The molecule has 0 saturated heterocycles. The van der Waals surface area contributed by atoms with Gasteiger partial charge in [0, 0.05) is 15.6 Å². The Hall–Kier alpha value is -1.32. The van der Waals surface area contributed by atoms with E-state index in [-0.39, 0.29) is 11.9 Å². The fourth-order valence-electron chi connectivity index (χ4n) is 1.76. The highest BCUT2D eigenvalue weighted by atomic mass is 79.9. The van der Waals surface area contributed by atoms with Crippen LogP contribution in [0.25, 0.3) is 0 Å². The van der Waals surface area contributed by atoms with E-state index < -0.39 is 0 Å². The topological polar surface area (TPSA) is 26.3 Å². The van der Waals surface area contributed by atoms with Gasteiger partial charge in [-0.1, -0.05) is 11.6 Å². The zero-order valence-corrected chi connectivity index (χ0v) is 13.5. The van der Waals surface area contributed by atoms with Crippen LogP contribution in [0.15, 0.2) is 46.9 Å². The molecule has 0 heterocycles. The summed E-state index contributed by atoms with van der Waals surface area (Å²) in [7, 11) is 0. The molecule has 0 fully saturated rings. The smallest absolute Gasteiger partial charge is 0.193 e. The molecule has 2 aromatic rings. The maximum atomic E-state index is 12.3. The van der Waals surface area contributed by atoms with Gasteiger partial charge >= 0.3 is 0 Å². The zero-order valence-electron chi connectivity index (χ0n) is 11.2. The number of ketones is 1. The monoisotopic (exact) mass is 352 g/mol. The highest BCUT2D eigenvalue weighted by Gasteiger charge is 2.11. The van der Waals surface area contributed by atoms with Crippen molar-refractivity contribution in [3.8, 4) is 5.75 Å². The molecule has 2 nitrogen and oxygen atoms in total. The van der Waals surface area contributed by atoms with Gasteiger partial charge in [0.1, 0.15) is 5.75 Å². The normalized spacial score (nSPS) is 10.7. The summed E-state index contributed by atoms with van der Waals surface area (Å²) in [5.74, 6) is 0.695. The molecule has 0 bridgehead atoms. The lowest BCUT2D eigenvalue weighted by Crippen LogP contribution is -2.06. The minimum Gasteiger partial charge on any atom is -0.491 e. The van der Waals surface area contributed by atoms with E-state index in [1.54, 1.807) is 42.5 Å². The molecule has 0 atom stereocenters. The third-order valence-electron chi connectivity index (χ3n) is 2.67. The summed E-state index contributed by atoms with van der Waals surface area (Å²) >= 11 is 9.32. The molecule has 2 rings (SSSR count). The van der Waals surface area contributed by atoms with Crippen LogP contribution in [0.4, 0.5) is 0 Å². The second-order valence-corrected chi connectivity index (χ2v) is 5.91. The van der Waals surface area contributed by atoms with Gasteiger partial charge in [-0.3, -0.25) is 4.79 Å². The third-order valence-corrected chi connectivity index (χ3v) is 3.90. The molecule has 0 radical (unpaired) electrons. The summed E-state index contributed by atoms with van der Waals surface area (Å²) < 4.78 is 6.33. The lowest BCUT2D eigenvalue weighted by molar-refractivity contribution is 0.103. The minimum absolute atomic E-state index is 0.0597. The molecule has 0 aliphatic heterocycles. The summed E-state index contributed by atoms with van der Waals surface area (Å²) in [5, 5.41) is 0.524.